The van der Waals surface area contributed by atoms with Gasteiger partial charge in [0.15, 0.2) is 0 Å². The number of benzene rings is 1. The van der Waals surface area contributed by atoms with Gasteiger partial charge in [0, 0.05) is 0 Å². The highest BCUT2D eigenvalue weighted by molar-refractivity contribution is 7.80. The summed E-state index contributed by atoms with van der Waals surface area (Å²) in [6.45, 7) is 0.123. The van der Waals surface area contributed by atoms with Gasteiger partial charge in [-0.1, -0.05) is 18.3 Å². The third-order valence-electron chi connectivity index (χ3n) is 2.16. The maximum absolute atomic E-state index is 13.4. The van der Waals surface area contributed by atoms with Crippen molar-refractivity contribution in [1.29, 1.82) is 0 Å². The molecule has 1 aliphatic heterocycles. The average Bonchev–Trinajstić information content (AvgIpc) is 2.66. The van der Waals surface area contributed by atoms with Crippen molar-refractivity contribution in [2.45, 2.75) is 6.04 Å². The summed E-state index contributed by atoms with van der Waals surface area (Å²) >= 11 is 4.73. The number of ether oxygens (including phenoxy) is 1. The predicted molar refractivity (Wildman–Crippen MR) is 59.4 cm³/mol. The number of halogens is 2. The van der Waals surface area contributed by atoms with E-state index in [9.17, 15) is 8.78 Å². The molecule has 0 aromatic heterocycles. The Labute approximate surface area is 95.9 Å². The minimum Gasteiger partial charge on any atom is -0.475 e. The first-order valence-corrected chi connectivity index (χ1v) is 4.94. The standard InChI is InChI=1S/C10H8F2N2OS/c11-5-2-1-3-6(12)8(5)10-14-7(4-15-10)9(13)16/h1-3,7H,4H2,(H2,13,16). The Hall–Kier alpha value is -1.56. The molecule has 16 heavy (non-hydrogen) atoms. The summed E-state index contributed by atoms with van der Waals surface area (Å²) in [6, 6.07) is 3.04. The van der Waals surface area contributed by atoms with Crippen molar-refractivity contribution in [1.82, 2.24) is 0 Å². The summed E-state index contributed by atoms with van der Waals surface area (Å²) in [5.74, 6) is -1.53. The Balaban J connectivity index is 2.39. The van der Waals surface area contributed by atoms with Gasteiger partial charge in [-0.25, -0.2) is 13.8 Å². The van der Waals surface area contributed by atoms with E-state index in [1.165, 1.54) is 6.07 Å². The van der Waals surface area contributed by atoms with E-state index < -0.39 is 17.7 Å². The number of rotatable bonds is 2. The van der Waals surface area contributed by atoms with Crippen molar-refractivity contribution in [3.63, 3.8) is 0 Å². The molecule has 0 aliphatic carbocycles. The Morgan fingerprint density at radius 3 is 2.56 bits per heavy atom. The number of nitrogens with two attached hydrogens (primary N) is 1. The Morgan fingerprint density at radius 2 is 2.06 bits per heavy atom. The summed E-state index contributed by atoms with van der Waals surface area (Å²) in [4.78, 5) is 4.07. The van der Waals surface area contributed by atoms with Crippen molar-refractivity contribution < 1.29 is 13.5 Å². The first kappa shape index (κ1) is 10.9. The van der Waals surface area contributed by atoms with Crippen LogP contribution in [-0.2, 0) is 4.74 Å². The van der Waals surface area contributed by atoms with Crippen LogP contribution in [0, 0.1) is 11.6 Å². The van der Waals surface area contributed by atoms with Gasteiger partial charge in [-0.05, 0) is 12.1 Å². The molecule has 0 fully saturated rings. The van der Waals surface area contributed by atoms with E-state index in [1.807, 2.05) is 0 Å². The number of aliphatic imine (C=N–C) groups is 1. The molecule has 0 radical (unpaired) electrons. The fourth-order valence-electron chi connectivity index (χ4n) is 1.36. The topological polar surface area (TPSA) is 47.6 Å². The summed E-state index contributed by atoms with van der Waals surface area (Å²) in [7, 11) is 0. The molecule has 2 N–H and O–H groups in total. The second kappa shape index (κ2) is 4.13. The summed E-state index contributed by atoms with van der Waals surface area (Å²) < 4.78 is 31.8. The van der Waals surface area contributed by atoms with E-state index in [4.69, 9.17) is 22.7 Å². The monoisotopic (exact) mass is 242 g/mol. The predicted octanol–water partition coefficient (Wildman–Crippen LogP) is 1.40. The molecule has 1 atom stereocenters. The molecule has 1 aromatic carbocycles. The van der Waals surface area contributed by atoms with Gasteiger partial charge in [0.05, 0.1) is 0 Å². The highest BCUT2D eigenvalue weighted by Crippen LogP contribution is 2.18. The Bertz CT molecular complexity index is 456. The minimum atomic E-state index is -0.720. The van der Waals surface area contributed by atoms with E-state index in [1.54, 1.807) is 0 Å². The van der Waals surface area contributed by atoms with Crippen LogP contribution in [-0.4, -0.2) is 23.5 Å². The van der Waals surface area contributed by atoms with Gasteiger partial charge in [-0.2, -0.15) is 0 Å². The fraction of sp³-hybridized carbons (Fsp3) is 0.200. The minimum absolute atomic E-state index is 0.0894. The van der Waals surface area contributed by atoms with Crippen LogP contribution in [0.1, 0.15) is 5.56 Å². The van der Waals surface area contributed by atoms with Crippen molar-refractivity contribution >= 4 is 23.1 Å². The van der Waals surface area contributed by atoms with Crippen LogP contribution in [0.3, 0.4) is 0 Å². The molecule has 3 nitrogen and oxygen atoms in total. The van der Waals surface area contributed by atoms with Crippen molar-refractivity contribution in [2.75, 3.05) is 6.61 Å². The van der Waals surface area contributed by atoms with E-state index >= 15 is 0 Å². The molecule has 0 amide bonds. The van der Waals surface area contributed by atoms with Crippen LogP contribution >= 0.6 is 12.2 Å². The third-order valence-corrected chi connectivity index (χ3v) is 2.43. The molecule has 0 spiro atoms. The first-order valence-electron chi connectivity index (χ1n) is 4.54. The van der Waals surface area contributed by atoms with Crippen LogP contribution in [0.25, 0.3) is 0 Å². The van der Waals surface area contributed by atoms with Crippen LogP contribution in [0.2, 0.25) is 0 Å². The molecular formula is C10H8F2N2OS. The first-order chi connectivity index (χ1) is 7.59. The van der Waals surface area contributed by atoms with E-state index in [-0.39, 0.29) is 23.1 Å². The molecule has 84 valence electrons. The molecule has 0 saturated heterocycles. The molecule has 1 unspecified atom stereocenters. The van der Waals surface area contributed by atoms with E-state index in [0.29, 0.717) is 0 Å². The number of hydrogen-bond acceptors (Lipinski definition) is 3. The van der Waals surface area contributed by atoms with Crippen LogP contribution in [0.5, 0.6) is 0 Å². The van der Waals surface area contributed by atoms with Crippen LogP contribution in [0.15, 0.2) is 23.2 Å². The number of hydrogen-bond donors (Lipinski definition) is 1. The normalized spacial score (nSPS) is 19.1. The number of nitrogens with zero attached hydrogens (tertiary/aromatic N) is 1. The smallest absolute Gasteiger partial charge is 0.223 e. The van der Waals surface area contributed by atoms with Gasteiger partial charge in [0.1, 0.15) is 34.8 Å². The molecule has 1 aromatic rings. The highest BCUT2D eigenvalue weighted by atomic mass is 32.1. The van der Waals surface area contributed by atoms with Crippen molar-refractivity contribution in [3.05, 3.63) is 35.4 Å². The van der Waals surface area contributed by atoms with Crippen LogP contribution < -0.4 is 5.73 Å². The van der Waals surface area contributed by atoms with E-state index in [0.717, 1.165) is 12.1 Å². The second-order valence-electron chi connectivity index (χ2n) is 3.26. The zero-order chi connectivity index (χ0) is 11.7. The lowest BCUT2D eigenvalue weighted by Gasteiger charge is -2.03. The summed E-state index contributed by atoms with van der Waals surface area (Å²) in [5, 5.41) is 0. The zero-order valence-electron chi connectivity index (χ0n) is 8.11. The summed E-state index contributed by atoms with van der Waals surface area (Å²) in [5.41, 5.74) is 5.09. The fourth-order valence-corrected chi connectivity index (χ4v) is 1.48. The molecule has 1 heterocycles. The Kier molecular flexibility index (Phi) is 2.82. The maximum atomic E-state index is 13.4. The quantitative estimate of drug-likeness (QED) is 0.797. The largest absolute Gasteiger partial charge is 0.475 e. The maximum Gasteiger partial charge on any atom is 0.223 e. The van der Waals surface area contributed by atoms with Crippen molar-refractivity contribution in [3.8, 4) is 0 Å². The average molecular weight is 242 g/mol. The Morgan fingerprint density at radius 1 is 1.44 bits per heavy atom. The third kappa shape index (κ3) is 1.88. The van der Waals surface area contributed by atoms with Gasteiger partial charge in [-0.3, -0.25) is 0 Å². The highest BCUT2D eigenvalue weighted by Gasteiger charge is 2.26. The molecule has 0 saturated carbocycles. The van der Waals surface area contributed by atoms with Gasteiger partial charge in [0.25, 0.3) is 0 Å². The molecule has 0 bridgehead atoms. The van der Waals surface area contributed by atoms with Gasteiger partial charge < -0.3 is 10.5 Å². The zero-order valence-corrected chi connectivity index (χ0v) is 8.93. The lowest BCUT2D eigenvalue weighted by molar-refractivity contribution is 0.334. The van der Waals surface area contributed by atoms with Crippen molar-refractivity contribution in [2.24, 2.45) is 10.7 Å². The molecule has 2 rings (SSSR count). The van der Waals surface area contributed by atoms with Gasteiger partial charge >= 0.3 is 0 Å². The van der Waals surface area contributed by atoms with Gasteiger partial charge in [0.2, 0.25) is 5.90 Å². The van der Waals surface area contributed by atoms with Crippen LogP contribution in [0.4, 0.5) is 8.78 Å². The van der Waals surface area contributed by atoms with Gasteiger partial charge in [-0.15, -0.1) is 0 Å². The lowest BCUT2D eigenvalue weighted by atomic mass is 10.2. The molecule has 1 aliphatic rings. The second-order valence-corrected chi connectivity index (χ2v) is 3.73. The summed E-state index contributed by atoms with van der Waals surface area (Å²) in [6.07, 6.45) is 0. The molecule has 6 heteroatoms. The number of thiocarbonyl (C=S) groups is 1. The SMILES string of the molecule is NC(=S)C1COC(c2c(F)cccc2F)=N1. The van der Waals surface area contributed by atoms with E-state index in [2.05, 4.69) is 4.99 Å². The molecular weight excluding hydrogens is 234 g/mol. The lowest BCUT2D eigenvalue weighted by Crippen LogP contribution is -2.25.